The van der Waals surface area contributed by atoms with Gasteiger partial charge in [-0.15, -0.1) is 0 Å². The first kappa shape index (κ1) is 24.8. The van der Waals surface area contributed by atoms with Crippen LogP contribution in [0.2, 0.25) is 0 Å². The van der Waals surface area contributed by atoms with Gasteiger partial charge in [0.15, 0.2) is 5.78 Å². The van der Waals surface area contributed by atoms with E-state index in [2.05, 4.69) is 9.80 Å². The van der Waals surface area contributed by atoms with E-state index in [0.29, 0.717) is 11.1 Å². The van der Waals surface area contributed by atoms with Gasteiger partial charge in [-0.1, -0.05) is 19.3 Å². The highest BCUT2D eigenvalue weighted by Crippen LogP contribution is 2.42. The minimum atomic E-state index is -1.39. The van der Waals surface area contributed by atoms with Gasteiger partial charge in [0.2, 0.25) is 11.8 Å². The van der Waals surface area contributed by atoms with Gasteiger partial charge in [0.1, 0.15) is 24.9 Å². The van der Waals surface area contributed by atoms with Crippen molar-refractivity contribution in [3.05, 3.63) is 29.3 Å². The zero-order valence-electron chi connectivity index (χ0n) is 21.3. The minimum absolute atomic E-state index is 0.0100. The number of alkyl halides is 1. The number of primary amides is 1. The maximum Gasteiger partial charge on any atom is 0.249 e. The number of benzene rings is 1. The zero-order valence-corrected chi connectivity index (χ0v) is 21.3. The maximum atomic E-state index is 14.8. The summed E-state index contributed by atoms with van der Waals surface area (Å²) in [6.45, 7) is 3.46. The van der Waals surface area contributed by atoms with Gasteiger partial charge in [-0.3, -0.25) is 19.3 Å². The average Bonchev–Trinajstić information content (AvgIpc) is 3.61. The lowest BCUT2D eigenvalue weighted by Crippen LogP contribution is -2.47. The number of likely N-dealkylation sites (tertiary alicyclic amines) is 1. The summed E-state index contributed by atoms with van der Waals surface area (Å²) in [6, 6.07) is 5.49. The number of fused-ring (bicyclic) bond motifs is 1. The van der Waals surface area contributed by atoms with Crippen LogP contribution in [0, 0.1) is 5.92 Å². The van der Waals surface area contributed by atoms with Crippen molar-refractivity contribution in [1.82, 2.24) is 9.80 Å². The number of ketones is 1. The third-order valence-corrected chi connectivity index (χ3v) is 9.17. The van der Waals surface area contributed by atoms with Crippen molar-refractivity contribution < 1.29 is 23.5 Å². The molecule has 2 N–H and O–H groups in total. The predicted octanol–water partition coefficient (Wildman–Crippen LogP) is 2.25. The maximum absolute atomic E-state index is 14.8. The Kier molecular flexibility index (Phi) is 6.69. The highest BCUT2D eigenvalue weighted by atomic mass is 19.1. The lowest BCUT2D eigenvalue weighted by molar-refractivity contribution is -0.139. The number of hydrogen-bond donors (Lipinski definition) is 1. The van der Waals surface area contributed by atoms with E-state index in [1.165, 1.54) is 17.7 Å². The van der Waals surface area contributed by atoms with Gasteiger partial charge in [0.25, 0.3) is 0 Å². The number of carbonyl (C=O) groups excluding carboxylic acids is 3. The Morgan fingerprint density at radius 2 is 1.76 bits per heavy atom. The Morgan fingerprint density at radius 3 is 2.43 bits per heavy atom. The molecule has 0 radical (unpaired) electrons. The molecule has 2 saturated carbocycles. The van der Waals surface area contributed by atoms with Crippen LogP contribution in [0.1, 0.15) is 66.8 Å². The third-order valence-electron chi connectivity index (χ3n) is 9.17. The van der Waals surface area contributed by atoms with Crippen LogP contribution >= 0.6 is 0 Å². The first-order valence-electron chi connectivity index (χ1n) is 13.9. The first-order valence-corrected chi connectivity index (χ1v) is 13.9. The van der Waals surface area contributed by atoms with Crippen LogP contribution in [0.5, 0.6) is 0 Å². The number of ether oxygens (including phenoxy) is 1. The molecule has 200 valence electrons. The first-order chi connectivity index (χ1) is 17.9. The zero-order chi connectivity index (χ0) is 25.7. The quantitative estimate of drug-likeness (QED) is 0.628. The molecule has 2 amide bonds. The molecule has 4 atom stereocenters. The molecule has 8 nitrogen and oxygen atoms in total. The summed E-state index contributed by atoms with van der Waals surface area (Å²) in [4.78, 5) is 45.7. The average molecular weight is 513 g/mol. The van der Waals surface area contributed by atoms with Crippen LogP contribution in [0.4, 0.5) is 10.1 Å². The summed E-state index contributed by atoms with van der Waals surface area (Å²) in [5, 5.41) is 0. The van der Waals surface area contributed by atoms with E-state index in [9.17, 15) is 18.8 Å². The summed E-state index contributed by atoms with van der Waals surface area (Å²) in [5.74, 6) is -1.74. The fourth-order valence-electron chi connectivity index (χ4n) is 7.07. The van der Waals surface area contributed by atoms with Gasteiger partial charge >= 0.3 is 0 Å². The number of nitrogens with zero attached hydrogens (tertiary/aromatic N) is 3. The molecule has 3 saturated heterocycles. The minimum Gasteiger partial charge on any atom is -0.369 e. The highest BCUT2D eigenvalue weighted by Gasteiger charge is 2.54. The molecule has 3 heterocycles. The molecule has 0 unspecified atom stereocenters. The van der Waals surface area contributed by atoms with E-state index in [0.717, 1.165) is 70.0 Å². The summed E-state index contributed by atoms with van der Waals surface area (Å²) in [7, 11) is 0. The summed E-state index contributed by atoms with van der Waals surface area (Å²) in [6.07, 6.45) is 5.10. The number of amides is 2. The molecule has 1 aromatic carbocycles. The SMILES string of the molecule is NC(=O)c1ccc(N2CCN(C3CC3)CC2)cc1[C@@H](C(=O)N1C[C@H](F)[C@H]2OCC(=O)[C@H]21)C1CCCCC1. The number of Topliss-reactive ketones (excluding diaryl/α,β-unsaturated/α-hetero) is 1. The topological polar surface area (TPSA) is 96.2 Å². The molecule has 0 aromatic heterocycles. The molecule has 6 rings (SSSR count). The lowest BCUT2D eigenvalue weighted by Gasteiger charge is -2.38. The molecular formula is C28H37FN4O4. The van der Waals surface area contributed by atoms with E-state index >= 15 is 0 Å². The Hall–Kier alpha value is -2.52. The second kappa shape index (κ2) is 9.98. The molecule has 0 bridgehead atoms. The van der Waals surface area contributed by atoms with Crippen molar-refractivity contribution in [3.63, 3.8) is 0 Å². The van der Waals surface area contributed by atoms with Crippen LogP contribution in [-0.2, 0) is 14.3 Å². The monoisotopic (exact) mass is 512 g/mol. The van der Waals surface area contributed by atoms with Crippen LogP contribution in [0.15, 0.2) is 18.2 Å². The third kappa shape index (κ3) is 4.65. The largest absolute Gasteiger partial charge is 0.369 e. The molecule has 3 aliphatic heterocycles. The number of nitrogens with two attached hydrogens (primary N) is 1. The number of carbonyl (C=O) groups is 3. The van der Waals surface area contributed by atoms with Crippen LogP contribution < -0.4 is 10.6 Å². The Labute approximate surface area is 217 Å². The molecule has 0 spiro atoms. The van der Waals surface area contributed by atoms with Gasteiger partial charge < -0.3 is 20.3 Å². The summed E-state index contributed by atoms with van der Waals surface area (Å²) in [5.41, 5.74) is 7.77. The highest BCUT2D eigenvalue weighted by molar-refractivity contribution is 5.99. The van der Waals surface area contributed by atoms with Crippen molar-refractivity contribution in [1.29, 1.82) is 0 Å². The van der Waals surface area contributed by atoms with Crippen molar-refractivity contribution in [3.8, 4) is 0 Å². The van der Waals surface area contributed by atoms with Crippen molar-refractivity contribution in [2.45, 2.75) is 75.2 Å². The van der Waals surface area contributed by atoms with E-state index in [4.69, 9.17) is 10.5 Å². The number of hydrogen-bond acceptors (Lipinski definition) is 6. The van der Waals surface area contributed by atoms with E-state index < -0.39 is 30.1 Å². The molecule has 37 heavy (non-hydrogen) atoms. The molecule has 5 fully saturated rings. The van der Waals surface area contributed by atoms with E-state index in [1.807, 2.05) is 12.1 Å². The second-order valence-corrected chi connectivity index (χ2v) is 11.5. The fraction of sp³-hybridized carbons (Fsp3) is 0.679. The molecule has 2 aliphatic carbocycles. The van der Waals surface area contributed by atoms with Gasteiger partial charge in [-0.25, -0.2) is 4.39 Å². The number of rotatable bonds is 6. The van der Waals surface area contributed by atoms with Crippen molar-refractivity contribution in [2.24, 2.45) is 11.7 Å². The lowest BCUT2D eigenvalue weighted by atomic mass is 9.74. The Morgan fingerprint density at radius 1 is 1.03 bits per heavy atom. The summed E-state index contributed by atoms with van der Waals surface area (Å²) < 4.78 is 20.2. The van der Waals surface area contributed by atoms with Crippen molar-refractivity contribution >= 4 is 23.3 Å². The normalized spacial score (nSPS) is 30.0. The molecular weight excluding hydrogens is 475 g/mol. The van der Waals surface area contributed by atoms with Crippen LogP contribution in [0.25, 0.3) is 0 Å². The van der Waals surface area contributed by atoms with E-state index in [1.54, 1.807) is 6.07 Å². The Balaban J connectivity index is 1.35. The number of piperazine rings is 1. The van der Waals surface area contributed by atoms with E-state index in [-0.39, 0.29) is 30.8 Å². The number of anilines is 1. The molecule has 1 aromatic rings. The van der Waals surface area contributed by atoms with Gasteiger partial charge in [0, 0.05) is 43.5 Å². The summed E-state index contributed by atoms with van der Waals surface area (Å²) >= 11 is 0. The van der Waals surface area contributed by atoms with Crippen molar-refractivity contribution in [2.75, 3.05) is 44.2 Å². The molecule has 9 heteroatoms. The van der Waals surface area contributed by atoms with Crippen LogP contribution in [0.3, 0.4) is 0 Å². The second-order valence-electron chi connectivity index (χ2n) is 11.5. The van der Waals surface area contributed by atoms with Gasteiger partial charge in [-0.2, -0.15) is 0 Å². The molecule has 5 aliphatic rings. The fourth-order valence-corrected chi connectivity index (χ4v) is 7.07. The predicted molar refractivity (Wildman–Crippen MR) is 136 cm³/mol. The van der Waals surface area contributed by atoms with Gasteiger partial charge in [-0.05, 0) is 55.4 Å². The smallest absolute Gasteiger partial charge is 0.249 e. The Bertz CT molecular complexity index is 1060. The number of halogens is 1. The standard InChI is InChI=1S/C28H37FN4O4/c29-22-15-33(25-23(34)16-37-26(22)25)28(36)24(17-4-2-1-3-5-17)21-14-19(8-9-20(21)27(30)35)32-12-10-31(11-13-32)18-6-7-18/h8-9,14,17-18,22,24-26H,1-7,10-13,15-16H2,(H2,30,35)/t22-,24-,25+,26+/m0/s1. The van der Waals surface area contributed by atoms with Crippen LogP contribution in [-0.4, -0.2) is 91.1 Å². The van der Waals surface area contributed by atoms with Gasteiger partial charge in [0.05, 0.1) is 12.5 Å².